The van der Waals surface area contributed by atoms with Gasteiger partial charge in [0, 0.05) is 30.6 Å². The Kier molecular flexibility index (Phi) is 5.69. The van der Waals surface area contributed by atoms with Gasteiger partial charge in [0.2, 0.25) is 0 Å². The van der Waals surface area contributed by atoms with Crippen LogP contribution in [0.4, 0.5) is 0 Å². The van der Waals surface area contributed by atoms with Gasteiger partial charge in [-0.3, -0.25) is 14.9 Å². The average Bonchev–Trinajstić information content (AvgIpc) is 2.97. The first kappa shape index (κ1) is 16.2. The minimum Gasteiger partial charge on any atom is -0.350 e. The van der Waals surface area contributed by atoms with Gasteiger partial charge in [-0.15, -0.1) is 0 Å². The van der Waals surface area contributed by atoms with Gasteiger partial charge in [0.25, 0.3) is 5.91 Å². The van der Waals surface area contributed by atoms with E-state index in [4.69, 9.17) is 0 Å². The number of aromatic nitrogens is 3. The van der Waals surface area contributed by atoms with Crippen LogP contribution in [0.25, 0.3) is 0 Å². The summed E-state index contributed by atoms with van der Waals surface area (Å²) in [5.41, 5.74) is 2.60. The summed E-state index contributed by atoms with van der Waals surface area (Å²) in [5.74, 6) is 0.527. The van der Waals surface area contributed by atoms with Crippen molar-refractivity contribution in [2.45, 2.75) is 39.5 Å². The van der Waals surface area contributed by atoms with E-state index in [1.807, 2.05) is 18.3 Å². The second-order valence-electron chi connectivity index (χ2n) is 5.88. The zero-order valence-corrected chi connectivity index (χ0v) is 13.5. The molecule has 0 radical (unpaired) electrons. The molecule has 0 aliphatic heterocycles. The molecule has 0 aliphatic rings. The maximum absolute atomic E-state index is 12.2. The van der Waals surface area contributed by atoms with Gasteiger partial charge in [0.15, 0.2) is 0 Å². The Bertz CT molecular complexity index is 592. The zero-order valence-electron chi connectivity index (χ0n) is 13.5. The van der Waals surface area contributed by atoms with Crippen LogP contribution < -0.4 is 5.32 Å². The standard InChI is InChI=1S/C17H24N4O/c1-4-6-14-9-16(21-20-14)17(22)19-11-15(12(2)3)13-7-5-8-18-10-13/h5,7-10,12,15H,4,6,11H2,1-3H3,(H,19,22)(H,20,21). The molecule has 0 bridgehead atoms. The Morgan fingerprint density at radius 3 is 2.86 bits per heavy atom. The van der Waals surface area contributed by atoms with Crippen molar-refractivity contribution >= 4 is 5.91 Å². The molecule has 0 aliphatic carbocycles. The summed E-state index contributed by atoms with van der Waals surface area (Å²) in [7, 11) is 0. The first-order valence-corrected chi connectivity index (χ1v) is 7.84. The molecule has 5 heteroatoms. The predicted molar refractivity (Wildman–Crippen MR) is 86.7 cm³/mol. The summed E-state index contributed by atoms with van der Waals surface area (Å²) >= 11 is 0. The molecule has 5 nitrogen and oxygen atoms in total. The molecule has 0 spiro atoms. The Labute approximate surface area is 131 Å². The van der Waals surface area contributed by atoms with Gasteiger partial charge in [-0.25, -0.2) is 0 Å². The first-order chi connectivity index (χ1) is 10.6. The molecule has 2 heterocycles. The molecule has 22 heavy (non-hydrogen) atoms. The minimum absolute atomic E-state index is 0.131. The van der Waals surface area contributed by atoms with E-state index in [0.717, 1.165) is 24.1 Å². The normalized spacial score (nSPS) is 12.4. The van der Waals surface area contributed by atoms with Crippen molar-refractivity contribution in [2.24, 2.45) is 5.92 Å². The molecule has 2 rings (SSSR count). The second kappa shape index (κ2) is 7.73. The van der Waals surface area contributed by atoms with Gasteiger partial charge in [0.05, 0.1) is 0 Å². The molecule has 2 N–H and O–H groups in total. The largest absolute Gasteiger partial charge is 0.350 e. The van der Waals surface area contributed by atoms with Crippen molar-refractivity contribution < 1.29 is 4.79 Å². The molecule has 0 aromatic carbocycles. The van der Waals surface area contributed by atoms with E-state index in [2.05, 4.69) is 47.3 Å². The van der Waals surface area contributed by atoms with Crippen LogP contribution in [-0.2, 0) is 6.42 Å². The van der Waals surface area contributed by atoms with Crippen LogP contribution >= 0.6 is 0 Å². The third-order valence-corrected chi connectivity index (χ3v) is 3.78. The lowest BCUT2D eigenvalue weighted by Gasteiger charge is -2.21. The van der Waals surface area contributed by atoms with Gasteiger partial charge in [-0.2, -0.15) is 5.10 Å². The highest BCUT2D eigenvalue weighted by Gasteiger charge is 2.18. The van der Waals surface area contributed by atoms with E-state index in [1.54, 1.807) is 6.20 Å². The van der Waals surface area contributed by atoms with E-state index in [9.17, 15) is 4.79 Å². The van der Waals surface area contributed by atoms with E-state index in [-0.39, 0.29) is 11.8 Å². The topological polar surface area (TPSA) is 70.7 Å². The molecular weight excluding hydrogens is 276 g/mol. The van der Waals surface area contributed by atoms with Gasteiger partial charge < -0.3 is 5.32 Å². The van der Waals surface area contributed by atoms with Crippen molar-refractivity contribution in [2.75, 3.05) is 6.54 Å². The summed E-state index contributed by atoms with van der Waals surface area (Å²) in [6.07, 6.45) is 5.56. The average molecular weight is 300 g/mol. The fourth-order valence-corrected chi connectivity index (χ4v) is 2.50. The van der Waals surface area contributed by atoms with Gasteiger partial charge in [-0.05, 0) is 30.0 Å². The fourth-order valence-electron chi connectivity index (χ4n) is 2.50. The Hall–Kier alpha value is -2.17. The van der Waals surface area contributed by atoms with Crippen molar-refractivity contribution in [1.82, 2.24) is 20.5 Å². The van der Waals surface area contributed by atoms with Crippen LogP contribution in [0.3, 0.4) is 0 Å². The molecule has 2 aromatic heterocycles. The number of nitrogens with one attached hydrogen (secondary N) is 2. The monoisotopic (exact) mass is 300 g/mol. The van der Waals surface area contributed by atoms with Crippen molar-refractivity contribution in [3.63, 3.8) is 0 Å². The van der Waals surface area contributed by atoms with Crippen LogP contribution in [0.15, 0.2) is 30.6 Å². The Morgan fingerprint density at radius 2 is 2.23 bits per heavy atom. The highest BCUT2D eigenvalue weighted by molar-refractivity contribution is 5.92. The molecular formula is C17H24N4O. The van der Waals surface area contributed by atoms with E-state index in [1.165, 1.54) is 0 Å². The molecule has 1 amide bonds. The number of aryl methyl sites for hydroxylation is 1. The molecule has 118 valence electrons. The maximum atomic E-state index is 12.2. The van der Waals surface area contributed by atoms with Gasteiger partial charge >= 0.3 is 0 Å². The van der Waals surface area contributed by atoms with Crippen molar-refractivity contribution in [1.29, 1.82) is 0 Å². The van der Waals surface area contributed by atoms with Crippen LogP contribution in [-0.4, -0.2) is 27.6 Å². The van der Waals surface area contributed by atoms with E-state index < -0.39 is 0 Å². The quantitative estimate of drug-likeness (QED) is 0.826. The Balaban J connectivity index is 1.98. The van der Waals surface area contributed by atoms with E-state index >= 15 is 0 Å². The number of hydrogen-bond donors (Lipinski definition) is 2. The number of aromatic amines is 1. The number of nitrogens with zero attached hydrogens (tertiary/aromatic N) is 2. The lowest BCUT2D eigenvalue weighted by molar-refractivity contribution is 0.0944. The van der Waals surface area contributed by atoms with Crippen molar-refractivity contribution in [3.8, 4) is 0 Å². The molecule has 0 saturated carbocycles. The molecule has 1 unspecified atom stereocenters. The second-order valence-corrected chi connectivity index (χ2v) is 5.88. The molecule has 0 fully saturated rings. The van der Waals surface area contributed by atoms with Gasteiger partial charge in [-0.1, -0.05) is 33.3 Å². The van der Waals surface area contributed by atoms with Crippen LogP contribution in [0.1, 0.15) is 54.9 Å². The third kappa shape index (κ3) is 4.16. The first-order valence-electron chi connectivity index (χ1n) is 7.84. The summed E-state index contributed by atoms with van der Waals surface area (Å²) in [6, 6.07) is 5.81. The smallest absolute Gasteiger partial charge is 0.271 e. The van der Waals surface area contributed by atoms with Crippen LogP contribution in [0.2, 0.25) is 0 Å². The number of amides is 1. The SMILES string of the molecule is CCCc1cc(C(=O)NCC(c2cccnc2)C(C)C)n[nH]1. The number of pyridine rings is 1. The summed E-state index contributed by atoms with van der Waals surface area (Å²) < 4.78 is 0. The summed E-state index contributed by atoms with van der Waals surface area (Å²) in [6.45, 7) is 6.98. The predicted octanol–water partition coefficient (Wildman–Crippen LogP) is 2.93. The molecule has 0 saturated heterocycles. The zero-order chi connectivity index (χ0) is 15.9. The Morgan fingerprint density at radius 1 is 1.41 bits per heavy atom. The maximum Gasteiger partial charge on any atom is 0.271 e. The van der Waals surface area contributed by atoms with Crippen LogP contribution in [0, 0.1) is 5.92 Å². The summed E-state index contributed by atoms with van der Waals surface area (Å²) in [4.78, 5) is 16.4. The molecule has 1 atom stereocenters. The minimum atomic E-state index is -0.131. The summed E-state index contributed by atoms with van der Waals surface area (Å²) in [5, 5.41) is 9.97. The van der Waals surface area contributed by atoms with Gasteiger partial charge in [0.1, 0.15) is 5.69 Å². The lowest BCUT2D eigenvalue weighted by Crippen LogP contribution is -2.30. The van der Waals surface area contributed by atoms with Crippen LogP contribution in [0.5, 0.6) is 0 Å². The number of rotatable bonds is 7. The number of carbonyl (C=O) groups excluding carboxylic acids is 1. The number of H-pyrrole nitrogens is 1. The number of carbonyl (C=O) groups is 1. The van der Waals surface area contributed by atoms with Crippen molar-refractivity contribution in [3.05, 3.63) is 47.5 Å². The third-order valence-electron chi connectivity index (χ3n) is 3.78. The number of hydrogen-bond acceptors (Lipinski definition) is 3. The fraction of sp³-hybridized carbons (Fsp3) is 0.471. The van der Waals surface area contributed by atoms with E-state index in [0.29, 0.717) is 18.2 Å². The molecule has 2 aromatic rings. The highest BCUT2D eigenvalue weighted by atomic mass is 16.1. The lowest BCUT2D eigenvalue weighted by atomic mass is 9.89. The highest BCUT2D eigenvalue weighted by Crippen LogP contribution is 2.22.